The number of piperidine rings is 1. The molecule has 27 heavy (non-hydrogen) atoms. The van der Waals surface area contributed by atoms with Crippen molar-refractivity contribution in [2.75, 3.05) is 32.4 Å². The highest BCUT2D eigenvalue weighted by Gasteiger charge is 2.23. The van der Waals surface area contributed by atoms with Crippen LogP contribution >= 0.6 is 0 Å². The Morgan fingerprint density at radius 2 is 1.74 bits per heavy atom. The number of amides is 1. The summed E-state index contributed by atoms with van der Waals surface area (Å²) in [4.78, 5) is 17.0. The zero-order valence-corrected chi connectivity index (χ0v) is 16.3. The first kappa shape index (κ1) is 19.4. The van der Waals surface area contributed by atoms with E-state index in [9.17, 15) is 4.79 Å². The van der Waals surface area contributed by atoms with Crippen LogP contribution in [0, 0.1) is 5.92 Å². The molecule has 1 heterocycles. The number of carbonyl (C=O) groups excluding carboxylic acids is 1. The van der Waals surface area contributed by atoms with Crippen molar-refractivity contribution in [3.05, 3.63) is 65.7 Å². The van der Waals surface area contributed by atoms with Crippen LogP contribution in [0.3, 0.4) is 0 Å². The van der Waals surface area contributed by atoms with Gasteiger partial charge < -0.3 is 15.5 Å². The number of hydrogen-bond acceptors (Lipinski definition) is 3. The molecule has 4 nitrogen and oxygen atoms in total. The summed E-state index contributed by atoms with van der Waals surface area (Å²) in [5, 5.41) is 0. The molecular formula is C23H31N3O. The van der Waals surface area contributed by atoms with E-state index in [4.69, 9.17) is 5.73 Å². The van der Waals surface area contributed by atoms with Gasteiger partial charge in [0.05, 0.1) is 0 Å². The summed E-state index contributed by atoms with van der Waals surface area (Å²) in [6.45, 7) is 3.84. The SMILES string of the molecule is CN(Cc1ccccc1)CC1CCN(C(=O)CCc2ccccc2N)CC1. The van der Waals surface area contributed by atoms with Gasteiger partial charge in [-0.25, -0.2) is 0 Å². The number of nitrogens with two attached hydrogens (primary N) is 1. The molecule has 1 fully saturated rings. The first-order chi connectivity index (χ1) is 13.1. The second-order valence-corrected chi connectivity index (χ2v) is 7.71. The van der Waals surface area contributed by atoms with Crippen molar-refractivity contribution < 1.29 is 4.79 Å². The van der Waals surface area contributed by atoms with E-state index in [0.717, 1.165) is 56.7 Å². The molecule has 2 aromatic rings. The minimum absolute atomic E-state index is 0.259. The van der Waals surface area contributed by atoms with Crippen molar-refractivity contribution in [2.24, 2.45) is 5.92 Å². The molecule has 2 aromatic carbocycles. The number of benzene rings is 2. The summed E-state index contributed by atoms with van der Waals surface area (Å²) >= 11 is 0. The normalized spacial score (nSPS) is 15.3. The van der Waals surface area contributed by atoms with Crippen LogP contribution in [0.1, 0.15) is 30.4 Å². The Bertz CT molecular complexity index is 723. The van der Waals surface area contributed by atoms with Gasteiger partial charge in [0.2, 0.25) is 5.91 Å². The molecule has 0 aromatic heterocycles. The van der Waals surface area contributed by atoms with Crippen molar-refractivity contribution in [2.45, 2.75) is 32.2 Å². The lowest BCUT2D eigenvalue weighted by Gasteiger charge is -2.34. The minimum atomic E-state index is 0.259. The van der Waals surface area contributed by atoms with Gasteiger partial charge in [0.25, 0.3) is 0 Å². The summed E-state index contributed by atoms with van der Waals surface area (Å²) < 4.78 is 0. The highest BCUT2D eigenvalue weighted by Crippen LogP contribution is 2.20. The number of anilines is 1. The fourth-order valence-electron chi connectivity index (χ4n) is 3.93. The van der Waals surface area contributed by atoms with E-state index in [-0.39, 0.29) is 5.91 Å². The number of rotatable bonds is 7. The maximum absolute atomic E-state index is 12.5. The largest absolute Gasteiger partial charge is 0.399 e. The first-order valence-corrected chi connectivity index (χ1v) is 9.95. The average Bonchev–Trinajstić information content (AvgIpc) is 2.68. The van der Waals surface area contributed by atoms with E-state index >= 15 is 0 Å². The molecule has 1 saturated heterocycles. The van der Waals surface area contributed by atoms with Crippen LogP contribution in [0.5, 0.6) is 0 Å². The molecule has 0 saturated carbocycles. The van der Waals surface area contributed by atoms with Gasteiger partial charge >= 0.3 is 0 Å². The zero-order valence-electron chi connectivity index (χ0n) is 16.3. The minimum Gasteiger partial charge on any atom is -0.399 e. The molecule has 0 aliphatic carbocycles. The third kappa shape index (κ3) is 5.83. The maximum atomic E-state index is 12.5. The number of aryl methyl sites for hydroxylation is 1. The van der Waals surface area contributed by atoms with Gasteiger partial charge in [-0.15, -0.1) is 0 Å². The van der Waals surface area contributed by atoms with Crippen LogP contribution in [0.15, 0.2) is 54.6 Å². The number of para-hydroxylation sites is 1. The molecule has 4 heteroatoms. The molecule has 0 spiro atoms. The first-order valence-electron chi connectivity index (χ1n) is 9.95. The molecule has 0 atom stereocenters. The van der Waals surface area contributed by atoms with Crippen molar-refractivity contribution in [3.63, 3.8) is 0 Å². The summed E-state index contributed by atoms with van der Waals surface area (Å²) in [6.07, 6.45) is 3.47. The van der Waals surface area contributed by atoms with Gasteiger partial charge in [-0.2, -0.15) is 0 Å². The van der Waals surface area contributed by atoms with Crippen LogP contribution in [-0.4, -0.2) is 42.4 Å². The molecule has 1 amide bonds. The van der Waals surface area contributed by atoms with Gasteiger partial charge in [-0.1, -0.05) is 48.5 Å². The summed E-state index contributed by atoms with van der Waals surface area (Å²) in [6, 6.07) is 18.4. The standard InChI is InChI=1S/C23H31N3O/c1-25(17-19-7-3-2-4-8-19)18-20-13-15-26(16-14-20)23(27)12-11-21-9-5-6-10-22(21)24/h2-10,20H,11-18,24H2,1H3. The number of carbonyl (C=O) groups is 1. The van der Waals surface area contributed by atoms with Gasteiger partial charge in [-0.05, 0) is 49.4 Å². The number of nitrogen functional groups attached to an aromatic ring is 1. The van der Waals surface area contributed by atoms with E-state index in [0.29, 0.717) is 12.3 Å². The Kier molecular flexibility index (Phi) is 6.88. The average molecular weight is 366 g/mol. The molecule has 1 aliphatic rings. The van der Waals surface area contributed by atoms with Gasteiger partial charge in [0.15, 0.2) is 0 Å². The fraction of sp³-hybridized carbons (Fsp3) is 0.435. The lowest BCUT2D eigenvalue weighted by molar-refractivity contribution is -0.132. The molecular weight excluding hydrogens is 334 g/mol. The van der Waals surface area contributed by atoms with E-state index in [1.54, 1.807) is 0 Å². The van der Waals surface area contributed by atoms with E-state index in [2.05, 4.69) is 42.3 Å². The van der Waals surface area contributed by atoms with E-state index < -0.39 is 0 Å². The van der Waals surface area contributed by atoms with Crippen LogP contribution < -0.4 is 5.73 Å². The van der Waals surface area contributed by atoms with Crippen LogP contribution in [0.25, 0.3) is 0 Å². The quantitative estimate of drug-likeness (QED) is 0.763. The Labute approximate surface area is 163 Å². The molecule has 0 bridgehead atoms. The summed E-state index contributed by atoms with van der Waals surface area (Å²) in [5.74, 6) is 0.932. The second kappa shape index (κ2) is 9.56. The molecule has 0 unspecified atom stereocenters. The Balaban J connectivity index is 1.39. The third-order valence-corrected chi connectivity index (χ3v) is 5.50. The predicted octanol–water partition coefficient (Wildman–Crippen LogP) is 3.57. The molecule has 0 radical (unpaired) electrons. The summed E-state index contributed by atoms with van der Waals surface area (Å²) in [5.41, 5.74) is 9.19. The molecule has 1 aliphatic heterocycles. The third-order valence-electron chi connectivity index (χ3n) is 5.50. The van der Waals surface area contributed by atoms with E-state index in [1.165, 1.54) is 5.56 Å². The second-order valence-electron chi connectivity index (χ2n) is 7.71. The number of nitrogens with zero attached hydrogens (tertiary/aromatic N) is 2. The van der Waals surface area contributed by atoms with Crippen molar-refractivity contribution in [1.29, 1.82) is 0 Å². The predicted molar refractivity (Wildman–Crippen MR) is 111 cm³/mol. The topological polar surface area (TPSA) is 49.6 Å². The Morgan fingerprint density at radius 3 is 2.44 bits per heavy atom. The molecule has 144 valence electrons. The smallest absolute Gasteiger partial charge is 0.222 e. The number of likely N-dealkylation sites (tertiary alicyclic amines) is 1. The van der Waals surface area contributed by atoms with Crippen LogP contribution in [0.4, 0.5) is 5.69 Å². The van der Waals surface area contributed by atoms with Crippen molar-refractivity contribution in [3.8, 4) is 0 Å². The van der Waals surface area contributed by atoms with Gasteiger partial charge in [0.1, 0.15) is 0 Å². The summed E-state index contributed by atoms with van der Waals surface area (Å²) in [7, 11) is 2.19. The molecule has 2 N–H and O–H groups in total. The van der Waals surface area contributed by atoms with Crippen molar-refractivity contribution in [1.82, 2.24) is 9.80 Å². The molecule has 3 rings (SSSR count). The highest BCUT2D eigenvalue weighted by atomic mass is 16.2. The van der Waals surface area contributed by atoms with Crippen LogP contribution in [0.2, 0.25) is 0 Å². The zero-order chi connectivity index (χ0) is 19.1. The Hall–Kier alpha value is -2.33. The van der Waals surface area contributed by atoms with Gasteiger partial charge in [0, 0.05) is 38.3 Å². The van der Waals surface area contributed by atoms with Crippen molar-refractivity contribution >= 4 is 11.6 Å². The lowest BCUT2D eigenvalue weighted by atomic mass is 9.95. The fourth-order valence-corrected chi connectivity index (χ4v) is 3.93. The van der Waals surface area contributed by atoms with E-state index in [1.807, 2.05) is 29.2 Å². The number of hydrogen-bond donors (Lipinski definition) is 1. The van der Waals surface area contributed by atoms with Gasteiger partial charge in [-0.3, -0.25) is 4.79 Å². The maximum Gasteiger partial charge on any atom is 0.222 e. The lowest BCUT2D eigenvalue weighted by Crippen LogP contribution is -2.41. The highest BCUT2D eigenvalue weighted by molar-refractivity contribution is 5.76. The Morgan fingerprint density at radius 1 is 1.07 bits per heavy atom. The monoisotopic (exact) mass is 365 g/mol. The van der Waals surface area contributed by atoms with Crippen LogP contribution in [-0.2, 0) is 17.8 Å².